The first-order valence-corrected chi connectivity index (χ1v) is 9.46. The van der Waals surface area contributed by atoms with Gasteiger partial charge < -0.3 is 11.1 Å². The van der Waals surface area contributed by atoms with Crippen LogP contribution in [0.25, 0.3) is 27.9 Å². The molecule has 1 amide bonds. The molecule has 0 radical (unpaired) electrons. The monoisotopic (exact) mass is 373 g/mol. The molecule has 0 spiro atoms. The van der Waals surface area contributed by atoms with Gasteiger partial charge in [0.1, 0.15) is 16.9 Å². The molecule has 0 fully saturated rings. The van der Waals surface area contributed by atoms with E-state index in [0.717, 1.165) is 23.1 Å². The molecule has 0 aliphatic heterocycles. The van der Waals surface area contributed by atoms with Gasteiger partial charge in [0.2, 0.25) is 0 Å². The number of aromatic nitrogens is 3. The number of amides is 1. The van der Waals surface area contributed by atoms with Gasteiger partial charge in [-0.25, -0.2) is 9.97 Å². The van der Waals surface area contributed by atoms with Gasteiger partial charge in [0.15, 0.2) is 5.65 Å². The Balaban J connectivity index is 1.92. The quantitative estimate of drug-likeness (QED) is 0.555. The van der Waals surface area contributed by atoms with E-state index in [-0.39, 0.29) is 5.91 Å². The maximum Gasteiger partial charge on any atom is 0.257 e. The van der Waals surface area contributed by atoms with Crippen LogP contribution < -0.4 is 11.1 Å². The van der Waals surface area contributed by atoms with E-state index in [0.29, 0.717) is 35.0 Å². The van der Waals surface area contributed by atoms with Gasteiger partial charge in [0.05, 0.1) is 11.0 Å². The molecule has 28 heavy (non-hydrogen) atoms. The van der Waals surface area contributed by atoms with Crippen molar-refractivity contribution in [1.82, 2.24) is 19.9 Å². The van der Waals surface area contributed by atoms with E-state index in [1.54, 1.807) is 4.57 Å². The molecule has 0 aliphatic carbocycles. The van der Waals surface area contributed by atoms with Crippen LogP contribution in [0.4, 0.5) is 5.82 Å². The fourth-order valence-electron chi connectivity index (χ4n) is 3.29. The minimum atomic E-state index is -0.220. The maximum absolute atomic E-state index is 13.0. The topological polar surface area (TPSA) is 85.8 Å². The fourth-order valence-corrected chi connectivity index (χ4v) is 3.29. The lowest BCUT2D eigenvalue weighted by Gasteiger charge is -2.08. The van der Waals surface area contributed by atoms with Crippen molar-refractivity contribution in [3.05, 3.63) is 60.2 Å². The second-order valence-corrected chi connectivity index (χ2v) is 7.25. The van der Waals surface area contributed by atoms with E-state index in [4.69, 9.17) is 15.7 Å². The van der Waals surface area contributed by atoms with Crippen LogP contribution in [0.1, 0.15) is 30.6 Å². The third kappa shape index (κ3) is 3.17. The predicted molar refractivity (Wildman–Crippen MR) is 113 cm³/mol. The molecule has 0 unspecified atom stereocenters. The van der Waals surface area contributed by atoms with Crippen molar-refractivity contribution < 1.29 is 4.79 Å². The molecule has 4 aromatic rings. The third-order valence-electron chi connectivity index (χ3n) is 4.75. The van der Waals surface area contributed by atoms with E-state index < -0.39 is 0 Å². The predicted octanol–water partition coefficient (Wildman–Crippen LogP) is 3.93. The average Bonchev–Trinajstić information content (AvgIpc) is 2.97. The van der Waals surface area contributed by atoms with Crippen molar-refractivity contribution in [2.24, 2.45) is 5.92 Å². The minimum absolute atomic E-state index is 0.220. The number of benzene rings is 2. The molecule has 2 aromatic heterocycles. The van der Waals surface area contributed by atoms with Gasteiger partial charge in [-0.2, -0.15) is 0 Å². The lowest BCUT2D eigenvalue weighted by atomic mass is 10.1. The van der Waals surface area contributed by atoms with Crippen molar-refractivity contribution in [2.45, 2.75) is 20.3 Å². The van der Waals surface area contributed by atoms with Crippen molar-refractivity contribution in [2.75, 3.05) is 12.3 Å². The number of nitrogens with two attached hydrogens (primary N) is 1. The molecule has 4 rings (SSSR count). The fraction of sp³-hybridized carbons (Fsp3) is 0.227. The standard InChI is InChI=1S/C22H23N5O/c1-14(2)12-13-24-22(28)18-19-21(26-17-11-7-6-10-16(17)25-19)27(20(18)23)15-8-4-3-5-9-15/h3-11,14H,12-13,23H2,1-2H3,(H,24,28). The Morgan fingerprint density at radius 3 is 2.36 bits per heavy atom. The summed E-state index contributed by atoms with van der Waals surface area (Å²) >= 11 is 0. The maximum atomic E-state index is 13.0. The summed E-state index contributed by atoms with van der Waals surface area (Å²) in [6, 6.07) is 17.3. The second-order valence-electron chi connectivity index (χ2n) is 7.25. The van der Waals surface area contributed by atoms with E-state index in [2.05, 4.69) is 19.2 Å². The molecular formula is C22H23N5O. The second kappa shape index (κ2) is 7.31. The van der Waals surface area contributed by atoms with E-state index in [1.165, 1.54) is 0 Å². The summed E-state index contributed by atoms with van der Waals surface area (Å²) in [7, 11) is 0. The van der Waals surface area contributed by atoms with Gasteiger partial charge in [0.25, 0.3) is 5.91 Å². The Labute approximate surface area is 163 Å². The number of para-hydroxylation sites is 3. The number of nitrogens with one attached hydrogen (secondary N) is 1. The summed E-state index contributed by atoms with van der Waals surface area (Å²) in [5.41, 5.74) is 10.3. The molecule has 0 saturated heterocycles. The summed E-state index contributed by atoms with van der Waals surface area (Å²) in [6.45, 7) is 4.84. The minimum Gasteiger partial charge on any atom is -0.384 e. The lowest BCUT2D eigenvalue weighted by molar-refractivity contribution is 0.0954. The summed E-state index contributed by atoms with van der Waals surface area (Å²) in [4.78, 5) is 22.5. The average molecular weight is 373 g/mol. The number of hydrogen-bond donors (Lipinski definition) is 2. The highest BCUT2D eigenvalue weighted by molar-refractivity contribution is 6.11. The molecule has 0 atom stereocenters. The molecule has 2 aromatic carbocycles. The number of nitrogens with zero attached hydrogens (tertiary/aromatic N) is 3. The van der Waals surface area contributed by atoms with Crippen molar-refractivity contribution >= 4 is 33.9 Å². The van der Waals surface area contributed by atoms with Crippen LogP contribution in [0.15, 0.2) is 54.6 Å². The van der Waals surface area contributed by atoms with Crippen LogP contribution in [0.3, 0.4) is 0 Å². The molecule has 142 valence electrons. The molecule has 0 saturated carbocycles. The number of hydrogen-bond acceptors (Lipinski definition) is 4. The Bertz CT molecular complexity index is 1150. The Hall–Kier alpha value is -3.41. The van der Waals surface area contributed by atoms with Crippen LogP contribution in [-0.2, 0) is 0 Å². The molecule has 0 bridgehead atoms. The van der Waals surface area contributed by atoms with Crippen LogP contribution in [0.2, 0.25) is 0 Å². The zero-order chi connectivity index (χ0) is 19.7. The smallest absolute Gasteiger partial charge is 0.257 e. The lowest BCUT2D eigenvalue weighted by Crippen LogP contribution is -2.26. The normalized spacial score (nSPS) is 11.4. The van der Waals surface area contributed by atoms with E-state index in [9.17, 15) is 4.79 Å². The van der Waals surface area contributed by atoms with Crippen LogP contribution in [-0.4, -0.2) is 27.0 Å². The van der Waals surface area contributed by atoms with Gasteiger partial charge in [0, 0.05) is 12.2 Å². The highest BCUT2D eigenvalue weighted by Crippen LogP contribution is 2.30. The van der Waals surface area contributed by atoms with Crippen LogP contribution in [0.5, 0.6) is 0 Å². The summed E-state index contributed by atoms with van der Waals surface area (Å²) in [5.74, 6) is 0.632. The van der Waals surface area contributed by atoms with Crippen LogP contribution in [0, 0.1) is 5.92 Å². The largest absolute Gasteiger partial charge is 0.384 e. The summed E-state index contributed by atoms with van der Waals surface area (Å²) in [6.07, 6.45) is 0.900. The first kappa shape index (κ1) is 18.0. The van der Waals surface area contributed by atoms with Crippen LogP contribution >= 0.6 is 0 Å². The molecule has 6 heteroatoms. The number of carbonyl (C=O) groups excluding carboxylic acids is 1. The van der Waals surface area contributed by atoms with Crippen molar-refractivity contribution in [1.29, 1.82) is 0 Å². The van der Waals surface area contributed by atoms with Gasteiger partial charge in [-0.3, -0.25) is 9.36 Å². The zero-order valence-electron chi connectivity index (χ0n) is 16.0. The highest BCUT2D eigenvalue weighted by atomic mass is 16.1. The third-order valence-corrected chi connectivity index (χ3v) is 4.75. The number of rotatable bonds is 5. The summed E-state index contributed by atoms with van der Waals surface area (Å²) in [5, 5.41) is 2.98. The molecule has 6 nitrogen and oxygen atoms in total. The number of carbonyl (C=O) groups is 1. The number of anilines is 1. The molecule has 2 heterocycles. The first-order valence-electron chi connectivity index (χ1n) is 9.46. The molecule has 0 aliphatic rings. The molecular weight excluding hydrogens is 350 g/mol. The number of fused-ring (bicyclic) bond motifs is 2. The van der Waals surface area contributed by atoms with Gasteiger partial charge >= 0.3 is 0 Å². The number of nitrogen functional groups attached to an aromatic ring is 1. The van der Waals surface area contributed by atoms with Gasteiger partial charge in [-0.1, -0.05) is 44.2 Å². The Morgan fingerprint density at radius 1 is 1.04 bits per heavy atom. The first-order chi connectivity index (χ1) is 13.6. The summed E-state index contributed by atoms with van der Waals surface area (Å²) < 4.78 is 1.80. The van der Waals surface area contributed by atoms with Crippen molar-refractivity contribution in [3.8, 4) is 5.69 Å². The van der Waals surface area contributed by atoms with Gasteiger partial charge in [-0.05, 0) is 36.6 Å². The molecule has 3 N–H and O–H groups in total. The SMILES string of the molecule is CC(C)CCNC(=O)c1c(N)n(-c2ccccc2)c2nc3ccccc3nc12. The van der Waals surface area contributed by atoms with Gasteiger partial charge in [-0.15, -0.1) is 0 Å². The zero-order valence-corrected chi connectivity index (χ0v) is 16.0. The Morgan fingerprint density at radius 2 is 1.68 bits per heavy atom. The highest BCUT2D eigenvalue weighted by Gasteiger charge is 2.24. The van der Waals surface area contributed by atoms with E-state index >= 15 is 0 Å². The Kier molecular flexibility index (Phi) is 4.69. The van der Waals surface area contributed by atoms with E-state index in [1.807, 2.05) is 54.6 Å². The van der Waals surface area contributed by atoms with Crippen molar-refractivity contribution in [3.63, 3.8) is 0 Å².